The third-order valence-electron chi connectivity index (χ3n) is 10.8. The van der Waals surface area contributed by atoms with E-state index < -0.39 is 0 Å². The van der Waals surface area contributed by atoms with E-state index in [0.717, 1.165) is 34.8 Å². The summed E-state index contributed by atoms with van der Waals surface area (Å²) in [5.74, 6) is 1.88. The van der Waals surface area contributed by atoms with Crippen molar-refractivity contribution in [2.75, 3.05) is 0 Å². The topological polar surface area (TPSA) is 88.4 Å². The van der Waals surface area contributed by atoms with Crippen LogP contribution in [0, 0.1) is 20.8 Å². The average molecular weight is 807 g/mol. The maximum absolute atomic E-state index is 9.17. The number of hydrogen-bond donors (Lipinski definition) is 3. The van der Waals surface area contributed by atoms with Crippen LogP contribution in [-0.2, 0) is 0 Å². The Labute approximate surface area is 363 Å². The molecule has 62 heavy (non-hydrogen) atoms. The van der Waals surface area contributed by atoms with E-state index in [4.69, 9.17) is 29.0 Å². The van der Waals surface area contributed by atoms with Crippen LogP contribution in [0.3, 0.4) is 0 Å². The summed E-state index contributed by atoms with van der Waals surface area (Å²) in [5.41, 5.74) is 8.44. The molecule has 0 saturated carbocycles. The van der Waals surface area contributed by atoms with Crippen molar-refractivity contribution >= 4 is 76.9 Å². The van der Waals surface area contributed by atoms with Gasteiger partial charge in [-0.3, -0.25) is 0 Å². The summed E-state index contributed by atoms with van der Waals surface area (Å²) in [6.45, 7) is 6.29. The first kappa shape index (κ1) is 41.7. The van der Waals surface area contributed by atoms with Crippen LogP contribution in [-0.4, -0.2) is 38.1 Å². The average Bonchev–Trinajstić information content (AvgIpc) is 3.29. The van der Waals surface area contributed by atoms with Crippen LogP contribution >= 0.6 is 0 Å². The third kappa shape index (κ3) is 9.31. The maximum atomic E-state index is 9.17. The summed E-state index contributed by atoms with van der Waals surface area (Å²) in [4.78, 5) is 0. The van der Waals surface area contributed by atoms with E-state index in [9.17, 15) is 0 Å². The summed E-state index contributed by atoms with van der Waals surface area (Å²) in [6, 6.07) is 62.0. The van der Waals surface area contributed by atoms with Gasteiger partial charge < -0.3 is 29.0 Å². The quantitative estimate of drug-likeness (QED) is 0.105. The molecule has 3 radical (unpaired) electrons. The van der Waals surface area contributed by atoms with Crippen LogP contribution in [0.25, 0.3) is 76.1 Å². The van der Waals surface area contributed by atoms with Crippen molar-refractivity contribution in [3.05, 3.63) is 199 Å². The van der Waals surface area contributed by atoms with Gasteiger partial charge in [-0.1, -0.05) is 150 Å². The van der Waals surface area contributed by atoms with Crippen molar-refractivity contribution in [2.45, 2.75) is 20.8 Å². The molecule has 0 aliphatic heterocycles. The Bertz CT molecular complexity index is 3160. The lowest BCUT2D eigenvalue weighted by Gasteiger charge is -2.19. The molecule has 10 aromatic carbocycles. The minimum absolute atomic E-state index is 0.604. The zero-order valence-corrected chi connectivity index (χ0v) is 34.6. The molecule has 0 spiro atoms. The zero-order chi connectivity index (χ0) is 43.0. The van der Waals surface area contributed by atoms with Crippen molar-refractivity contribution in [1.29, 1.82) is 0 Å². The monoisotopic (exact) mass is 807 g/mol. The lowest BCUT2D eigenvalue weighted by molar-refractivity contribution is 0.453. The Kier molecular flexibility index (Phi) is 12.9. The molecule has 6 nitrogen and oxygen atoms in total. The molecular formula is C53H42B3O6. The number of benzene rings is 10. The Morgan fingerprint density at radius 1 is 0.306 bits per heavy atom. The summed E-state index contributed by atoms with van der Waals surface area (Å²) in [6.07, 6.45) is 0. The smallest absolute Gasteiger partial charge is 0.537 e. The lowest BCUT2D eigenvalue weighted by Crippen LogP contribution is -2.00. The van der Waals surface area contributed by atoms with E-state index in [1.807, 2.05) is 66.7 Å². The van der Waals surface area contributed by atoms with Crippen LogP contribution in [0.2, 0.25) is 0 Å². The van der Waals surface area contributed by atoms with E-state index in [1.165, 1.54) is 65.7 Å². The van der Waals surface area contributed by atoms with Crippen molar-refractivity contribution in [2.24, 2.45) is 0 Å². The molecule has 0 aliphatic carbocycles. The number of aryl methyl sites for hydroxylation is 3. The molecule has 10 aromatic rings. The molecule has 0 saturated heterocycles. The highest BCUT2D eigenvalue weighted by Crippen LogP contribution is 2.45. The Balaban J connectivity index is 0.000000140. The minimum Gasteiger partial charge on any atom is -0.537 e. The molecule has 0 atom stereocenters. The first-order valence-corrected chi connectivity index (χ1v) is 20.2. The van der Waals surface area contributed by atoms with Gasteiger partial charge in [0.2, 0.25) is 0 Å². The highest BCUT2D eigenvalue weighted by Gasteiger charge is 2.17. The van der Waals surface area contributed by atoms with Gasteiger partial charge in [-0.25, -0.2) is 0 Å². The lowest BCUT2D eigenvalue weighted by atomic mass is 9.85. The van der Waals surface area contributed by atoms with Gasteiger partial charge in [0.15, 0.2) is 0 Å². The van der Waals surface area contributed by atoms with Crippen molar-refractivity contribution in [3.63, 3.8) is 0 Å². The number of rotatable bonds is 8. The maximum Gasteiger partial charge on any atom is 0.569 e. The normalized spacial score (nSPS) is 10.7. The molecule has 0 aliphatic rings. The zero-order valence-electron chi connectivity index (χ0n) is 34.6. The van der Waals surface area contributed by atoms with Crippen LogP contribution in [0.15, 0.2) is 182 Å². The molecule has 0 aromatic heterocycles. The van der Waals surface area contributed by atoms with Gasteiger partial charge in [-0.2, -0.15) is 0 Å². The Morgan fingerprint density at radius 2 is 0.661 bits per heavy atom. The molecule has 10 rings (SSSR count). The second kappa shape index (κ2) is 19.1. The molecule has 299 valence electrons. The van der Waals surface area contributed by atoms with E-state index in [1.54, 1.807) is 0 Å². The predicted octanol–water partition coefficient (Wildman–Crippen LogP) is 11.8. The fraction of sp³-hybridized carbons (Fsp3) is 0.0566. The Morgan fingerprint density at radius 3 is 1.19 bits per heavy atom. The fourth-order valence-electron chi connectivity index (χ4n) is 7.99. The van der Waals surface area contributed by atoms with Gasteiger partial charge in [0.25, 0.3) is 0 Å². The van der Waals surface area contributed by atoms with Crippen molar-refractivity contribution in [1.82, 2.24) is 0 Å². The van der Waals surface area contributed by atoms with Crippen LogP contribution in [0.1, 0.15) is 16.7 Å². The summed E-state index contributed by atoms with van der Waals surface area (Å²) in [5, 5.41) is 38.0. The molecule has 0 bridgehead atoms. The Hall–Kier alpha value is -7.03. The first-order chi connectivity index (χ1) is 30.3. The van der Waals surface area contributed by atoms with Crippen molar-refractivity contribution < 1.29 is 29.0 Å². The van der Waals surface area contributed by atoms with Gasteiger partial charge >= 0.3 is 23.1 Å². The molecule has 0 unspecified atom stereocenters. The van der Waals surface area contributed by atoms with E-state index >= 15 is 0 Å². The van der Waals surface area contributed by atoms with Gasteiger partial charge in [-0.05, 0) is 145 Å². The highest BCUT2D eigenvalue weighted by molar-refractivity contribution is 6.22. The standard InChI is InChI=1S/C27H20BO2.C15H12BO2.C11H10BO2/c1-18-12-14-22-24(16-18)26(19-8-4-2-5-9-19)23-15-13-21(30-28-29)17-25(23)27(22)20-10-6-3-7-11-20;1-10-2-3-11-8-14-9-15(18-16-17)5-4-12(14)7-13(11)6-10;1-8-2-3-10-7-11(14-12-13)5-4-9(10)6-8/h2-17,29H,1H3;2-9,17H,1H3;2-7,13H,1H3. The van der Waals surface area contributed by atoms with E-state index in [0.29, 0.717) is 32.6 Å². The third-order valence-corrected chi connectivity index (χ3v) is 10.8. The largest absolute Gasteiger partial charge is 0.569 e. The second-order valence-corrected chi connectivity index (χ2v) is 15.1. The van der Waals surface area contributed by atoms with Crippen LogP contribution in [0.4, 0.5) is 0 Å². The van der Waals surface area contributed by atoms with E-state index in [2.05, 4.69) is 136 Å². The fourth-order valence-corrected chi connectivity index (χ4v) is 7.99. The van der Waals surface area contributed by atoms with Crippen molar-refractivity contribution in [3.8, 4) is 39.5 Å². The summed E-state index contributed by atoms with van der Waals surface area (Å²) in [7, 11) is 2.12. The van der Waals surface area contributed by atoms with Gasteiger partial charge in [0.1, 0.15) is 17.2 Å². The molecular weight excluding hydrogens is 765 g/mol. The van der Waals surface area contributed by atoms with Gasteiger partial charge in [-0.15, -0.1) is 0 Å². The van der Waals surface area contributed by atoms with E-state index in [-0.39, 0.29) is 0 Å². The number of fused-ring (bicyclic) bond motifs is 5. The van der Waals surface area contributed by atoms with Gasteiger partial charge in [0, 0.05) is 0 Å². The predicted molar refractivity (Wildman–Crippen MR) is 258 cm³/mol. The highest BCUT2D eigenvalue weighted by atomic mass is 16.5. The molecule has 0 fully saturated rings. The molecule has 3 N–H and O–H groups in total. The SMILES string of the molecule is Cc1ccc2c(-c3ccccc3)c3cc(O[B]O)ccc3c(-c3ccccc3)c2c1.Cc1ccc2cc(O[B]O)ccc2c1.Cc1ccc2cc3cc(O[B]O)ccc3cc2c1. The molecule has 0 heterocycles. The van der Waals surface area contributed by atoms with Crippen LogP contribution in [0.5, 0.6) is 17.2 Å². The van der Waals surface area contributed by atoms with Gasteiger partial charge in [0.05, 0.1) is 0 Å². The molecule has 9 heteroatoms. The number of hydrogen-bond acceptors (Lipinski definition) is 6. The minimum atomic E-state index is 0.604. The second-order valence-electron chi connectivity index (χ2n) is 15.1. The summed E-state index contributed by atoms with van der Waals surface area (Å²) < 4.78 is 15.2. The summed E-state index contributed by atoms with van der Waals surface area (Å²) >= 11 is 0. The first-order valence-electron chi connectivity index (χ1n) is 20.2. The van der Waals surface area contributed by atoms with Crippen LogP contribution < -0.4 is 14.0 Å². The molecule has 0 amide bonds.